The van der Waals surface area contributed by atoms with Crippen molar-refractivity contribution in [2.45, 2.75) is 66.4 Å². The minimum atomic E-state index is -0.732. The number of anilines is 1. The second-order valence-corrected chi connectivity index (χ2v) is 7.83. The second-order valence-electron chi connectivity index (χ2n) is 7.83. The number of carbonyl (C=O) groups excluding carboxylic acids is 1. The zero-order valence-electron chi connectivity index (χ0n) is 16.6. The van der Waals surface area contributed by atoms with Crippen molar-refractivity contribution in [2.24, 2.45) is 11.8 Å². The number of ether oxygens (including phenoxy) is 2. The Morgan fingerprint density at radius 1 is 1.28 bits per heavy atom. The number of aryl methyl sites for hydroxylation is 2. The van der Waals surface area contributed by atoms with E-state index in [4.69, 9.17) is 9.47 Å². The van der Waals surface area contributed by atoms with E-state index in [1.54, 1.807) is 0 Å². The minimum Gasteiger partial charge on any atom is -0.493 e. The van der Waals surface area contributed by atoms with Gasteiger partial charge in [0.2, 0.25) is 0 Å². The molecule has 1 aliphatic carbocycles. The van der Waals surface area contributed by atoms with Crippen LogP contribution in [0, 0.1) is 25.7 Å². The van der Waals surface area contributed by atoms with Crippen LogP contribution in [0.1, 0.15) is 58.1 Å². The fourth-order valence-corrected chi connectivity index (χ4v) is 3.07. The summed E-state index contributed by atoms with van der Waals surface area (Å²) in [4.78, 5) is 12.9. The van der Waals surface area contributed by atoms with Crippen molar-refractivity contribution < 1.29 is 14.3 Å². The molecule has 140 valence electrons. The van der Waals surface area contributed by atoms with Gasteiger partial charge in [-0.15, -0.1) is 0 Å². The molecule has 0 bridgehead atoms. The maximum absolute atomic E-state index is 12.9. The molecule has 0 radical (unpaired) electrons. The molecule has 1 aliphatic rings. The lowest BCUT2D eigenvalue weighted by Gasteiger charge is -2.29. The molecule has 1 saturated carbocycles. The van der Waals surface area contributed by atoms with E-state index in [2.05, 4.69) is 26.1 Å². The van der Waals surface area contributed by atoms with Crippen LogP contribution in [0.25, 0.3) is 0 Å². The Labute approximate surface area is 152 Å². The summed E-state index contributed by atoms with van der Waals surface area (Å²) in [6.45, 7) is 13.6. The Hall–Kier alpha value is -1.55. The van der Waals surface area contributed by atoms with Gasteiger partial charge >= 0.3 is 0 Å². The van der Waals surface area contributed by atoms with Crippen molar-refractivity contribution in [1.82, 2.24) is 0 Å². The molecule has 4 heteroatoms. The van der Waals surface area contributed by atoms with Crippen LogP contribution in [-0.4, -0.2) is 24.7 Å². The van der Waals surface area contributed by atoms with Crippen LogP contribution in [-0.2, 0) is 9.53 Å². The minimum absolute atomic E-state index is 0.0434. The smallest absolute Gasteiger partial charge is 0.256 e. The molecular formula is C21H33NO3. The lowest BCUT2D eigenvalue weighted by molar-refractivity contribution is -0.142. The van der Waals surface area contributed by atoms with Gasteiger partial charge in [0.1, 0.15) is 11.4 Å². The lowest BCUT2D eigenvalue weighted by atomic mass is 9.98. The highest BCUT2D eigenvalue weighted by atomic mass is 16.5. The highest BCUT2D eigenvalue weighted by Gasteiger charge is 2.48. The third kappa shape index (κ3) is 4.97. The Balaban J connectivity index is 2.12. The van der Waals surface area contributed by atoms with E-state index in [0.717, 1.165) is 41.8 Å². The van der Waals surface area contributed by atoms with Crippen molar-refractivity contribution in [3.63, 3.8) is 0 Å². The van der Waals surface area contributed by atoms with Crippen LogP contribution in [0.2, 0.25) is 0 Å². The SMILES string of the molecule is CCCO[C@](C)(C(=O)Nc1cc(C)c(OCC(C)C)c(C)c1)C1CC1. The molecule has 1 aromatic rings. The number of amides is 1. The summed E-state index contributed by atoms with van der Waals surface area (Å²) in [6, 6.07) is 3.96. The van der Waals surface area contributed by atoms with Crippen LogP contribution >= 0.6 is 0 Å². The van der Waals surface area contributed by atoms with Gasteiger partial charge in [0.25, 0.3) is 5.91 Å². The molecule has 0 aromatic heterocycles. The molecule has 0 saturated heterocycles. The highest BCUT2D eigenvalue weighted by molar-refractivity contribution is 5.97. The summed E-state index contributed by atoms with van der Waals surface area (Å²) in [5.74, 6) is 1.68. The second kappa shape index (κ2) is 8.22. The molecule has 0 spiro atoms. The third-order valence-electron chi connectivity index (χ3n) is 4.69. The monoisotopic (exact) mass is 347 g/mol. The average Bonchev–Trinajstić information content (AvgIpc) is 3.36. The Morgan fingerprint density at radius 2 is 1.88 bits per heavy atom. The van der Waals surface area contributed by atoms with Crippen LogP contribution in [0.4, 0.5) is 5.69 Å². The van der Waals surface area contributed by atoms with Crippen LogP contribution < -0.4 is 10.1 Å². The Kier molecular flexibility index (Phi) is 6.50. The molecule has 25 heavy (non-hydrogen) atoms. The van der Waals surface area contributed by atoms with E-state index in [1.807, 2.05) is 32.9 Å². The summed E-state index contributed by atoms with van der Waals surface area (Å²) in [7, 11) is 0. The first kappa shape index (κ1) is 19.8. The van der Waals surface area contributed by atoms with E-state index in [1.165, 1.54) is 0 Å². The normalized spacial score (nSPS) is 16.6. The van der Waals surface area contributed by atoms with Crippen LogP contribution in [0.5, 0.6) is 5.75 Å². The fraction of sp³-hybridized carbons (Fsp3) is 0.667. The van der Waals surface area contributed by atoms with Crippen molar-refractivity contribution >= 4 is 11.6 Å². The standard InChI is InChI=1S/C21H33NO3/c1-7-10-25-21(6,17-8-9-17)20(23)22-18-11-15(4)19(16(5)12-18)24-13-14(2)3/h11-12,14,17H,7-10,13H2,1-6H3,(H,22,23)/t21-/m0/s1. The molecule has 4 nitrogen and oxygen atoms in total. The van der Waals surface area contributed by atoms with Gasteiger partial charge in [-0.05, 0) is 75.1 Å². The molecule has 1 amide bonds. The van der Waals surface area contributed by atoms with E-state index < -0.39 is 5.60 Å². The van der Waals surface area contributed by atoms with Gasteiger partial charge in [0.05, 0.1) is 6.61 Å². The van der Waals surface area contributed by atoms with E-state index in [-0.39, 0.29) is 5.91 Å². The maximum Gasteiger partial charge on any atom is 0.256 e. The van der Waals surface area contributed by atoms with Crippen molar-refractivity contribution in [1.29, 1.82) is 0 Å². The summed E-state index contributed by atoms with van der Waals surface area (Å²) in [6.07, 6.45) is 3.04. The number of hydrogen-bond acceptors (Lipinski definition) is 3. The number of nitrogens with one attached hydrogen (secondary N) is 1. The Morgan fingerprint density at radius 3 is 2.36 bits per heavy atom. The zero-order chi connectivity index (χ0) is 18.6. The topological polar surface area (TPSA) is 47.6 Å². The van der Waals surface area contributed by atoms with Gasteiger partial charge in [-0.1, -0.05) is 20.8 Å². The van der Waals surface area contributed by atoms with Gasteiger partial charge in [-0.25, -0.2) is 0 Å². The lowest BCUT2D eigenvalue weighted by Crippen LogP contribution is -2.45. The van der Waals surface area contributed by atoms with Crippen molar-refractivity contribution in [3.8, 4) is 5.75 Å². The van der Waals surface area contributed by atoms with Gasteiger partial charge in [0, 0.05) is 12.3 Å². The predicted molar refractivity (Wildman–Crippen MR) is 102 cm³/mol. The van der Waals surface area contributed by atoms with E-state index >= 15 is 0 Å². The predicted octanol–water partition coefficient (Wildman–Crippen LogP) is 4.87. The molecule has 1 aromatic carbocycles. The fourth-order valence-electron chi connectivity index (χ4n) is 3.07. The number of carbonyl (C=O) groups is 1. The highest BCUT2D eigenvalue weighted by Crippen LogP contribution is 2.42. The molecule has 0 heterocycles. The molecule has 0 unspecified atom stereocenters. The summed E-state index contributed by atoms with van der Waals surface area (Å²) in [5, 5.41) is 3.07. The zero-order valence-corrected chi connectivity index (χ0v) is 16.6. The molecule has 1 N–H and O–H groups in total. The molecular weight excluding hydrogens is 314 g/mol. The summed E-state index contributed by atoms with van der Waals surface area (Å²) < 4.78 is 11.9. The van der Waals surface area contributed by atoms with Crippen LogP contribution in [0.3, 0.4) is 0 Å². The van der Waals surface area contributed by atoms with Gasteiger partial charge < -0.3 is 14.8 Å². The van der Waals surface area contributed by atoms with Crippen LogP contribution in [0.15, 0.2) is 12.1 Å². The number of benzene rings is 1. The van der Waals surface area contributed by atoms with E-state index in [0.29, 0.717) is 25.0 Å². The molecule has 2 rings (SSSR count). The average molecular weight is 347 g/mol. The number of hydrogen-bond donors (Lipinski definition) is 1. The molecule has 0 aliphatic heterocycles. The summed E-state index contributed by atoms with van der Waals surface area (Å²) in [5.41, 5.74) is 2.16. The maximum atomic E-state index is 12.9. The number of rotatable bonds is 9. The first-order valence-corrected chi connectivity index (χ1v) is 9.47. The van der Waals surface area contributed by atoms with Crippen molar-refractivity contribution in [2.75, 3.05) is 18.5 Å². The first-order valence-electron chi connectivity index (χ1n) is 9.47. The van der Waals surface area contributed by atoms with Gasteiger partial charge in [0.15, 0.2) is 0 Å². The third-order valence-corrected chi connectivity index (χ3v) is 4.69. The Bertz CT molecular complexity index is 584. The first-order chi connectivity index (χ1) is 11.8. The van der Waals surface area contributed by atoms with Gasteiger partial charge in [-0.2, -0.15) is 0 Å². The molecule has 1 atom stereocenters. The quantitative estimate of drug-likeness (QED) is 0.693. The molecule has 1 fully saturated rings. The van der Waals surface area contributed by atoms with E-state index in [9.17, 15) is 4.79 Å². The van der Waals surface area contributed by atoms with Gasteiger partial charge in [-0.3, -0.25) is 4.79 Å². The summed E-state index contributed by atoms with van der Waals surface area (Å²) >= 11 is 0. The van der Waals surface area contributed by atoms with Crippen molar-refractivity contribution in [3.05, 3.63) is 23.3 Å². The largest absolute Gasteiger partial charge is 0.493 e.